The molecule has 1 rings (SSSR count). The summed E-state index contributed by atoms with van der Waals surface area (Å²) < 4.78 is 12.9. The van der Waals surface area contributed by atoms with E-state index in [-0.39, 0.29) is 0 Å². The largest absolute Gasteiger partial charge is 0.316 e. The van der Waals surface area contributed by atoms with Gasteiger partial charge in [-0.3, -0.25) is 10.1 Å². The molecule has 0 saturated heterocycles. The molecule has 0 fully saturated rings. The summed E-state index contributed by atoms with van der Waals surface area (Å²) in [5, 5.41) is 13.3. The maximum Gasteiger partial charge on any atom is 0.305 e. The highest BCUT2D eigenvalue weighted by atomic mass is 19.1. The van der Waals surface area contributed by atoms with Crippen molar-refractivity contribution in [3.05, 3.63) is 45.8 Å². The number of hydrogen-bond donors (Lipinski definition) is 1. The number of nitro benzene ring substituents is 1. The molecule has 5 heteroatoms. The molecule has 0 atom stereocenters. The molecule has 0 aromatic heterocycles. The molecule has 0 saturated carbocycles. The van der Waals surface area contributed by atoms with E-state index in [1.165, 1.54) is 12.1 Å². The van der Waals surface area contributed by atoms with E-state index in [1.807, 2.05) is 0 Å². The number of nitrogens with zero attached hydrogens (tertiary/aromatic N) is 1. The summed E-state index contributed by atoms with van der Waals surface area (Å²) in [5.41, 5.74) is 0.111. The van der Waals surface area contributed by atoms with Crippen molar-refractivity contribution >= 4 is 11.8 Å². The average Bonchev–Trinajstić information content (AvgIpc) is 2.20. The van der Waals surface area contributed by atoms with Crippen LogP contribution in [0.4, 0.5) is 10.1 Å². The van der Waals surface area contributed by atoms with Crippen LogP contribution in [0.5, 0.6) is 0 Å². The van der Waals surface area contributed by atoms with Crippen molar-refractivity contribution < 1.29 is 9.31 Å². The van der Waals surface area contributed by atoms with Crippen LogP contribution in [-0.4, -0.2) is 18.5 Å². The molecule has 0 aliphatic carbocycles. The second-order valence-electron chi connectivity index (χ2n) is 2.93. The summed E-state index contributed by atoms with van der Waals surface area (Å²) in [6, 6.07) is 3.80. The highest BCUT2D eigenvalue weighted by Gasteiger charge is 2.12. The molecule has 1 aromatic carbocycles. The summed E-state index contributed by atoms with van der Waals surface area (Å²) in [7, 11) is 1.79. The van der Waals surface area contributed by atoms with Crippen LogP contribution in [0.1, 0.15) is 5.56 Å². The van der Waals surface area contributed by atoms with Crippen LogP contribution in [0, 0.1) is 15.9 Å². The van der Waals surface area contributed by atoms with Gasteiger partial charge in [-0.1, -0.05) is 18.2 Å². The monoisotopic (exact) mass is 210 g/mol. The molecule has 1 aromatic rings. The van der Waals surface area contributed by atoms with Gasteiger partial charge in [0.05, 0.1) is 4.92 Å². The van der Waals surface area contributed by atoms with Crippen LogP contribution >= 0.6 is 0 Å². The van der Waals surface area contributed by atoms with Crippen LogP contribution in [0.3, 0.4) is 0 Å². The molecule has 0 amide bonds. The Balaban J connectivity index is 2.92. The van der Waals surface area contributed by atoms with Crippen molar-refractivity contribution in [2.75, 3.05) is 13.6 Å². The van der Waals surface area contributed by atoms with E-state index in [1.54, 1.807) is 19.2 Å². The Labute approximate surface area is 86.6 Å². The van der Waals surface area contributed by atoms with E-state index in [4.69, 9.17) is 0 Å². The fraction of sp³-hybridized carbons (Fsp3) is 0.200. The number of rotatable bonds is 4. The van der Waals surface area contributed by atoms with Gasteiger partial charge in [0.2, 0.25) is 5.82 Å². The lowest BCUT2D eigenvalue weighted by atomic mass is 10.2. The number of halogens is 1. The van der Waals surface area contributed by atoms with E-state index in [9.17, 15) is 14.5 Å². The Morgan fingerprint density at radius 3 is 2.93 bits per heavy atom. The van der Waals surface area contributed by atoms with Gasteiger partial charge >= 0.3 is 5.69 Å². The molecule has 4 nitrogen and oxygen atoms in total. The SMILES string of the molecule is CNC/C=C/c1ccc(F)c([N+](=O)[O-])c1. The third kappa shape index (κ3) is 3.14. The van der Waals surface area contributed by atoms with Gasteiger partial charge in [-0.25, -0.2) is 0 Å². The van der Waals surface area contributed by atoms with Crippen LogP contribution < -0.4 is 5.32 Å². The molecule has 0 aliphatic rings. The Hall–Kier alpha value is -1.75. The lowest BCUT2D eigenvalue weighted by molar-refractivity contribution is -0.387. The molecule has 80 valence electrons. The highest BCUT2D eigenvalue weighted by molar-refractivity contribution is 5.53. The van der Waals surface area contributed by atoms with Gasteiger partial charge in [0.1, 0.15) is 0 Å². The molecule has 15 heavy (non-hydrogen) atoms. The number of nitrogens with one attached hydrogen (secondary N) is 1. The second-order valence-corrected chi connectivity index (χ2v) is 2.93. The third-order valence-corrected chi connectivity index (χ3v) is 1.80. The Morgan fingerprint density at radius 2 is 2.33 bits per heavy atom. The van der Waals surface area contributed by atoms with Gasteiger partial charge in [0.15, 0.2) is 0 Å². The van der Waals surface area contributed by atoms with E-state index >= 15 is 0 Å². The Kier molecular flexibility index (Phi) is 3.93. The van der Waals surface area contributed by atoms with Crippen LogP contribution in [-0.2, 0) is 0 Å². The molecular weight excluding hydrogens is 199 g/mol. The summed E-state index contributed by atoms with van der Waals surface area (Å²) in [6.45, 7) is 0.658. The fourth-order valence-corrected chi connectivity index (χ4v) is 1.09. The standard InChI is InChI=1S/C10H11FN2O2/c1-12-6-2-3-8-4-5-9(11)10(7-8)13(14)15/h2-5,7,12H,6H2,1H3/b3-2+. The molecule has 1 N–H and O–H groups in total. The van der Waals surface area contributed by atoms with E-state index < -0.39 is 16.4 Å². The van der Waals surface area contributed by atoms with Crippen LogP contribution in [0.25, 0.3) is 6.08 Å². The molecule has 0 heterocycles. The zero-order chi connectivity index (χ0) is 11.3. The summed E-state index contributed by atoms with van der Waals surface area (Å²) >= 11 is 0. The molecule has 0 radical (unpaired) electrons. The van der Waals surface area contributed by atoms with Crippen molar-refractivity contribution in [3.63, 3.8) is 0 Å². The first-order chi connectivity index (χ1) is 7.15. The van der Waals surface area contributed by atoms with Gasteiger partial charge in [-0.15, -0.1) is 0 Å². The van der Waals surface area contributed by atoms with Crippen molar-refractivity contribution in [2.45, 2.75) is 0 Å². The van der Waals surface area contributed by atoms with Crippen molar-refractivity contribution in [3.8, 4) is 0 Å². The summed E-state index contributed by atoms with van der Waals surface area (Å²) in [5.74, 6) is -0.814. The average molecular weight is 210 g/mol. The van der Waals surface area contributed by atoms with Gasteiger partial charge in [0, 0.05) is 12.6 Å². The molecule has 0 unspecified atom stereocenters. The summed E-state index contributed by atoms with van der Waals surface area (Å²) in [6.07, 6.45) is 3.50. The Morgan fingerprint density at radius 1 is 1.60 bits per heavy atom. The van der Waals surface area contributed by atoms with Crippen molar-refractivity contribution in [1.82, 2.24) is 5.32 Å². The first-order valence-corrected chi connectivity index (χ1v) is 4.40. The maximum atomic E-state index is 12.9. The highest BCUT2D eigenvalue weighted by Crippen LogP contribution is 2.19. The van der Waals surface area contributed by atoms with Gasteiger partial charge < -0.3 is 5.32 Å². The third-order valence-electron chi connectivity index (χ3n) is 1.80. The quantitative estimate of drug-likeness (QED) is 0.610. The number of benzene rings is 1. The smallest absolute Gasteiger partial charge is 0.305 e. The van der Waals surface area contributed by atoms with Crippen LogP contribution in [0.2, 0.25) is 0 Å². The summed E-state index contributed by atoms with van der Waals surface area (Å²) in [4.78, 5) is 9.70. The molecular formula is C10H11FN2O2. The van der Waals surface area contributed by atoms with Gasteiger partial charge in [-0.05, 0) is 18.7 Å². The second kappa shape index (κ2) is 5.21. The van der Waals surface area contributed by atoms with Crippen molar-refractivity contribution in [1.29, 1.82) is 0 Å². The molecule has 0 bridgehead atoms. The van der Waals surface area contributed by atoms with Crippen LogP contribution in [0.15, 0.2) is 24.3 Å². The van der Waals surface area contributed by atoms with E-state index in [0.29, 0.717) is 12.1 Å². The fourth-order valence-electron chi connectivity index (χ4n) is 1.09. The first-order valence-electron chi connectivity index (χ1n) is 4.40. The molecule has 0 aliphatic heterocycles. The van der Waals surface area contributed by atoms with E-state index in [0.717, 1.165) is 6.07 Å². The normalized spacial score (nSPS) is 10.8. The first kappa shape index (κ1) is 11.3. The Bertz CT molecular complexity index is 391. The maximum absolute atomic E-state index is 12.9. The minimum atomic E-state index is -0.814. The lowest BCUT2D eigenvalue weighted by Gasteiger charge is -1.96. The van der Waals surface area contributed by atoms with Crippen molar-refractivity contribution in [2.24, 2.45) is 0 Å². The van der Waals surface area contributed by atoms with Gasteiger partial charge in [-0.2, -0.15) is 4.39 Å². The van der Waals surface area contributed by atoms with E-state index in [2.05, 4.69) is 5.32 Å². The number of nitro groups is 1. The number of likely N-dealkylation sites (N-methyl/N-ethyl adjacent to an activating group) is 1. The predicted octanol–water partition coefficient (Wildman–Crippen LogP) is 1.97. The minimum Gasteiger partial charge on any atom is -0.316 e. The number of hydrogen-bond acceptors (Lipinski definition) is 3. The predicted molar refractivity (Wildman–Crippen MR) is 56.0 cm³/mol. The minimum absolute atomic E-state index is 0.499. The molecule has 0 spiro atoms. The van der Waals surface area contributed by atoms with Gasteiger partial charge in [0.25, 0.3) is 0 Å². The zero-order valence-corrected chi connectivity index (χ0v) is 8.24. The topological polar surface area (TPSA) is 55.2 Å². The lowest BCUT2D eigenvalue weighted by Crippen LogP contribution is -2.03. The zero-order valence-electron chi connectivity index (χ0n) is 8.24.